The molecule has 0 atom stereocenters. The van der Waals surface area contributed by atoms with Gasteiger partial charge in [-0.1, -0.05) is 36.9 Å². The number of rotatable bonds is 4. The summed E-state index contributed by atoms with van der Waals surface area (Å²) in [5.41, 5.74) is 4.72. The number of nitrogens with zero attached hydrogens (tertiary/aromatic N) is 5. The number of anilines is 2. The lowest BCUT2D eigenvalue weighted by Gasteiger charge is -2.38. The molecule has 0 unspecified atom stereocenters. The van der Waals surface area contributed by atoms with Crippen LogP contribution in [0.3, 0.4) is 0 Å². The number of piperazine rings is 1. The van der Waals surface area contributed by atoms with Crippen LogP contribution in [0.4, 0.5) is 11.5 Å². The van der Waals surface area contributed by atoms with E-state index in [9.17, 15) is 4.79 Å². The monoisotopic (exact) mass is 443 g/mol. The standard InChI is InChI=1S/C26H29N5O2/c1-4-23(32)29-13-15-30(16-14-29)25-20-11-12-31(17-21(20)27-26(28-25)33-3)22-10-6-9-19-8-5-7-18(2)24(19)22/h4-10H,1,11-17H2,2-3H3. The van der Waals surface area contributed by atoms with Crippen LogP contribution in [0.25, 0.3) is 10.8 Å². The molecule has 7 heteroatoms. The molecule has 3 aromatic rings. The minimum absolute atomic E-state index is 0.0158. The van der Waals surface area contributed by atoms with E-state index < -0.39 is 0 Å². The van der Waals surface area contributed by atoms with Crippen LogP contribution in [0.1, 0.15) is 16.8 Å². The van der Waals surface area contributed by atoms with Gasteiger partial charge in [0.15, 0.2) is 0 Å². The number of amides is 1. The molecule has 0 aliphatic carbocycles. The zero-order valence-corrected chi connectivity index (χ0v) is 19.3. The number of aromatic nitrogens is 2. The number of hydrogen-bond donors (Lipinski definition) is 0. The average molecular weight is 444 g/mol. The van der Waals surface area contributed by atoms with Crippen LogP contribution in [-0.4, -0.2) is 60.6 Å². The summed E-state index contributed by atoms with van der Waals surface area (Å²) >= 11 is 0. The van der Waals surface area contributed by atoms with Crippen LogP contribution >= 0.6 is 0 Å². The first-order valence-electron chi connectivity index (χ1n) is 11.4. The van der Waals surface area contributed by atoms with Gasteiger partial charge in [0.1, 0.15) is 5.82 Å². The quantitative estimate of drug-likeness (QED) is 0.577. The molecule has 2 aliphatic rings. The predicted octanol–water partition coefficient (Wildman–Crippen LogP) is 3.34. The Hall–Kier alpha value is -3.61. The minimum atomic E-state index is -0.0158. The number of benzene rings is 2. The average Bonchev–Trinajstić information content (AvgIpc) is 2.87. The van der Waals surface area contributed by atoms with Gasteiger partial charge in [0.2, 0.25) is 5.91 Å². The number of hydrogen-bond acceptors (Lipinski definition) is 6. The number of carbonyl (C=O) groups excluding carboxylic acids is 1. The first-order chi connectivity index (χ1) is 16.1. The van der Waals surface area contributed by atoms with Crippen molar-refractivity contribution in [1.82, 2.24) is 14.9 Å². The van der Waals surface area contributed by atoms with Gasteiger partial charge in [-0.15, -0.1) is 0 Å². The fraction of sp³-hybridized carbons (Fsp3) is 0.346. The second kappa shape index (κ2) is 8.73. The van der Waals surface area contributed by atoms with E-state index in [1.807, 2.05) is 4.90 Å². The fourth-order valence-electron chi connectivity index (χ4n) is 4.98. The Balaban J connectivity index is 1.46. The SMILES string of the molecule is C=CC(=O)N1CCN(c2nc(OC)nc3c2CCN(c2cccc4cccc(C)c24)C3)CC1. The van der Waals surface area contributed by atoms with Gasteiger partial charge >= 0.3 is 6.01 Å². The molecule has 7 nitrogen and oxygen atoms in total. The molecule has 2 aromatic carbocycles. The van der Waals surface area contributed by atoms with E-state index in [0.29, 0.717) is 25.6 Å². The van der Waals surface area contributed by atoms with E-state index in [1.54, 1.807) is 7.11 Å². The smallest absolute Gasteiger partial charge is 0.318 e. The summed E-state index contributed by atoms with van der Waals surface area (Å²) in [6.45, 7) is 10.2. The van der Waals surface area contributed by atoms with Crippen molar-refractivity contribution in [3.63, 3.8) is 0 Å². The molecule has 0 spiro atoms. The summed E-state index contributed by atoms with van der Waals surface area (Å²) in [5, 5.41) is 2.55. The van der Waals surface area contributed by atoms with Crippen LogP contribution < -0.4 is 14.5 Å². The number of ether oxygens (including phenoxy) is 1. The Kier molecular flexibility index (Phi) is 5.62. The largest absolute Gasteiger partial charge is 0.467 e. The van der Waals surface area contributed by atoms with Crippen LogP contribution in [-0.2, 0) is 17.8 Å². The summed E-state index contributed by atoms with van der Waals surface area (Å²) in [6.07, 6.45) is 2.25. The third-order valence-corrected chi connectivity index (χ3v) is 6.70. The summed E-state index contributed by atoms with van der Waals surface area (Å²) in [7, 11) is 1.61. The Morgan fingerprint density at radius 3 is 2.52 bits per heavy atom. The lowest BCUT2D eigenvalue weighted by atomic mass is 9.99. The molecule has 1 saturated heterocycles. The number of fused-ring (bicyclic) bond motifs is 2. The zero-order chi connectivity index (χ0) is 22.9. The van der Waals surface area contributed by atoms with Gasteiger partial charge in [-0.2, -0.15) is 9.97 Å². The lowest BCUT2D eigenvalue weighted by molar-refractivity contribution is -0.126. The Labute approximate surface area is 194 Å². The Morgan fingerprint density at radius 1 is 1.03 bits per heavy atom. The van der Waals surface area contributed by atoms with Crippen molar-refractivity contribution in [1.29, 1.82) is 0 Å². The van der Waals surface area contributed by atoms with Crippen LogP contribution in [0, 0.1) is 6.92 Å². The molecule has 0 radical (unpaired) electrons. The third-order valence-electron chi connectivity index (χ3n) is 6.70. The second-order valence-corrected chi connectivity index (χ2v) is 8.60. The third kappa shape index (κ3) is 3.88. The second-order valence-electron chi connectivity index (χ2n) is 8.60. The van der Waals surface area contributed by atoms with E-state index in [0.717, 1.165) is 37.6 Å². The van der Waals surface area contributed by atoms with Gasteiger partial charge in [0, 0.05) is 49.4 Å². The molecule has 33 heavy (non-hydrogen) atoms. The maximum atomic E-state index is 12.0. The molecular formula is C26H29N5O2. The molecular weight excluding hydrogens is 414 g/mol. The van der Waals surface area contributed by atoms with Crippen molar-refractivity contribution >= 4 is 28.2 Å². The first-order valence-corrected chi connectivity index (χ1v) is 11.4. The van der Waals surface area contributed by atoms with Crippen LogP contribution in [0.2, 0.25) is 0 Å². The molecule has 2 aliphatic heterocycles. The summed E-state index contributed by atoms with van der Waals surface area (Å²) in [4.78, 5) is 27.9. The molecule has 0 bridgehead atoms. The molecule has 170 valence electrons. The predicted molar refractivity (Wildman–Crippen MR) is 131 cm³/mol. The van der Waals surface area contributed by atoms with Crippen molar-refractivity contribution in [2.45, 2.75) is 19.9 Å². The van der Waals surface area contributed by atoms with Crippen molar-refractivity contribution < 1.29 is 9.53 Å². The lowest BCUT2D eigenvalue weighted by Crippen LogP contribution is -2.49. The molecule has 3 heterocycles. The number of carbonyl (C=O) groups is 1. The molecule has 5 rings (SSSR count). The van der Waals surface area contributed by atoms with Crippen molar-refractivity contribution in [2.75, 3.05) is 49.6 Å². The van der Waals surface area contributed by atoms with Gasteiger partial charge < -0.3 is 19.4 Å². The van der Waals surface area contributed by atoms with Gasteiger partial charge in [0.25, 0.3) is 0 Å². The summed E-state index contributed by atoms with van der Waals surface area (Å²) in [5.74, 6) is 0.925. The van der Waals surface area contributed by atoms with Gasteiger partial charge in [-0.3, -0.25) is 4.79 Å². The summed E-state index contributed by atoms with van der Waals surface area (Å²) < 4.78 is 5.47. The van der Waals surface area contributed by atoms with Gasteiger partial charge in [0.05, 0.1) is 19.3 Å². The highest BCUT2D eigenvalue weighted by molar-refractivity contribution is 5.97. The van der Waals surface area contributed by atoms with Crippen LogP contribution in [0.5, 0.6) is 6.01 Å². The normalized spacial score (nSPS) is 16.0. The molecule has 1 fully saturated rings. The minimum Gasteiger partial charge on any atom is -0.467 e. The van der Waals surface area contributed by atoms with Crippen molar-refractivity contribution in [3.8, 4) is 6.01 Å². The van der Waals surface area contributed by atoms with E-state index in [2.05, 4.69) is 59.7 Å². The van der Waals surface area contributed by atoms with E-state index >= 15 is 0 Å². The van der Waals surface area contributed by atoms with Crippen LogP contribution in [0.15, 0.2) is 49.1 Å². The van der Waals surface area contributed by atoms with E-state index in [-0.39, 0.29) is 5.91 Å². The topological polar surface area (TPSA) is 61.8 Å². The van der Waals surface area contributed by atoms with Crippen molar-refractivity contribution in [3.05, 3.63) is 65.9 Å². The van der Waals surface area contributed by atoms with E-state index in [1.165, 1.54) is 33.7 Å². The number of aryl methyl sites for hydroxylation is 1. The molecule has 1 aromatic heterocycles. The maximum absolute atomic E-state index is 12.0. The highest BCUT2D eigenvalue weighted by Crippen LogP contribution is 2.35. The maximum Gasteiger partial charge on any atom is 0.318 e. The summed E-state index contributed by atoms with van der Waals surface area (Å²) in [6, 6.07) is 13.3. The number of methoxy groups -OCH3 is 1. The molecule has 0 N–H and O–H groups in total. The molecule has 1 amide bonds. The first kappa shape index (κ1) is 21.2. The Bertz CT molecular complexity index is 1210. The van der Waals surface area contributed by atoms with E-state index in [4.69, 9.17) is 14.7 Å². The molecule has 0 saturated carbocycles. The van der Waals surface area contributed by atoms with Crippen molar-refractivity contribution in [2.24, 2.45) is 0 Å². The zero-order valence-electron chi connectivity index (χ0n) is 19.3. The Morgan fingerprint density at radius 2 is 1.79 bits per heavy atom. The highest BCUT2D eigenvalue weighted by Gasteiger charge is 2.28. The highest BCUT2D eigenvalue weighted by atomic mass is 16.5. The fourth-order valence-corrected chi connectivity index (χ4v) is 4.98. The van der Waals surface area contributed by atoms with Gasteiger partial charge in [-0.05, 0) is 36.4 Å². The van der Waals surface area contributed by atoms with Gasteiger partial charge in [-0.25, -0.2) is 0 Å².